The summed E-state index contributed by atoms with van der Waals surface area (Å²) in [5.74, 6) is -0.549. The molecule has 0 atom stereocenters. The SMILES string of the molecule is C=CCN(Cc1cccs1)C(=O)CCCN1C(=O)c2ccc(C)cc2C1=O. The molecule has 0 saturated carbocycles. The van der Waals surface area contributed by atoms with Crippen molar-refractivity contribution < 1.29 is 14.4 Å². The van der Waals surface area contributed by atoms with Crippen LogP contribution in [0.25, 0.3) is 0 Å². The van der Waals surface area contributed by atoms with Gasteiger partial charge in [-0.1, -0.05) is 23.8 Å². The summed E-state index contributed by atoms with van der Waals surface area (Å²) < 4.78 is 0. The van der Waals surface area contributed by atoms with Crippen LogP contribution in [0, 0.1) is 6.92 Å². The minimum atomic E-state index is -0.274. The van der Waals surface area contributed by atoms with Crippen LogP contribution in [0.5, 0.6) is 0 Å². The van der Waals surface area contributed by atoms with E-state index in [9.17, 15) is 14.4 Å². The summed E-state index contributed by atoms with van der Waals surface area (Å²) in [5.41, 5.74) is 1.85. The lowest BCUT2D eigenvalue weighted by Gasteiger charge is -2.21. The molecule has 1 aromatic carbocycles. The van der Waals surface area contributed by atoms with Crippen molar-refractivity contribution in [3.8, 4) is 0 Å². The van der Waals surface area contributed by atoms with E-state index in [0.29, 0.717) is 30.6 Å². The van der Waals surface area contributed by atoms with Crippen molar-refractivity contribution >= 4 is 29.1 Å². The highest BCUT2D eigenvalue weighted by Gasteiger charge is 2.35. The van der Waals surface area contributed by atoms with E-state index in [-0.39, 0.29) is 30.7 Å². The van der Waals surface area contributed by atoms with E-state index >= 15 is 0 Å². The average Bonchev–Trinajstić information content (AvgIpc) is 3.23. The highest BCUT2D eigenvalue weighted by molar-refractivity contribution is 7.09. The monoisotopic (exact) mass is 382 g/mol. The van der Waals surface area contributed by atoms with Gasteiger partial charge < -0.3 is 4.90 Å². The number of aryl methyl sites for hydroxylation is 1. The Morgan fingerprint density at radius 3 is 2.70 bits per heavy atom. The largest absolute Gasteiger partial charge is 0.334 e. The molecule has 0 spiro atoms. The quantitative estimate of drug-likeness (QED) is 0.517. The summed E-state index contributed by atoms with van der Waals surface area (Å²) >= 11 is 1.61. The Kier molecular flexibility index (Phi) is 5.86. The van der Waals surface area contributed by atoms with Gasteiger partial charge in [-0.15, -0.1) is 17.9 Å². The van der Waals surface area contributed by atoms with Crippen LogP contribution in [0.15, 0.2) is 48.4 Å². The van der Waals surface area contributed by atoms with Gasteiger partial charge in [0.2, 0.25) is 5.91 Å². The second-order valence-electron chi connectivity index (χ2n) is 6.56. The first kappa shape index (κ1) is 19.0. The van der Waals surface area contributed by atoms with E-state index in [4.69, 9.17) is 0 Å². The van der Waals surface area contributed by atoms with Crippen molar-refractivity contribution in [2.75, 3.05) is 13.1 Å². The van der Waals surface area contributed by atoms with Gasteiger partial charge in [-0.3, -0.25) is 19.3 Å². The van der Waals surface area contributed by atoms with Crippen molar-refractivity contribution in [3.05, 3.63) is 69.9 Å². The fourth-order valence-electron chi connectivity index (χ4n) is 3.16. The van der Waals surface area contributed by atoms with Crippen molar-refractivity contribution in [2.45, 2.75) is 26.3 Å². The van der Waals surface area contributed by atoms with Crippen LogP contribution in [-0.4, -0.2) is 40.6 Å². The number of nitrogens with zero attached hydrogens (tertiary/aromatic N) is 2. The number of amides is 3. The van der Waals surface area contributed by atoms with Crippen LogP contribution in [0.2, 0.25) is 0 Å². The zero-order chi connectivity index (χ0) is 19.4. The predicted octanol–water partition coefficient (Wildman–Crippen LogP) is 3.65. The lowest BCUT2D eigenvalue weighted by atomic mass is 10.1. The third-order valence-corrected chi connectivity index (χ3v) is 5.39. The molecule has 0 N–H and O–H groups in total. The Balaban J connectivity index is 1.57. The molecule has 1 aromatic heterocycles. The molecule has 5 nitrogen and oxygen atoms in total. The zero-order valence-electron chi connectivity index (χ0n) is 15.3. The van der Waals surface area contributed by atoms with Crippen LogP contribution in [0.1, 0.15) is 44.0 Å². The maximum atomic E-state index is 12.6. The standard InChI is InChI=1S/C21H22N2O3S/c1-3-10-22(14-16-6-5-12-27-16)19(24)7-4-11-23-20(25)17-9-8-15(2)13-18(17)21(23)26/h3,5-6,8-9,12-13H,1,4,7,10-11,14H2,2H3. The van der Waals surface area contributed by atoms with Gasteiger partial charge >= 0.3 is 0 Å². The van der Waals surface area contributed by atoms with Crippen LogP contribution < -0.4 is 0 Å². The smallest absolute Gasteiger partial charge is 0.261 e. The molecule has 0 aliphatic carbocycles. The average molecular weight is 382 g/mol. The summed E-state index contributed by atoms with van der Waals surface area (Å²) in [5, 5.41) is 1.98. The van der Waals surface area contributed by atoms with Gasteiger partial charge in [-0.25, -0.2) is 0 Å². The molecule has 2 heterocycles. The number of rotatable bonds is 8. The Morgan fingerprint density at radius 1 is 1.22 bits per heavy atom. The fourth-order valence-corrected chi connectivity index (χ4v) is 3.87. The molecule has 0 unspecified atom stereocenters. The number of benzene rings is 1. The Bertz CT molecular complexity index is 874. The molecule has 0 bridgehead atoms. The fraction of sp³-hybridized carbons (Fsp3) is 0.286. The number of thiophene rings is 1. The van der Waals surface area contributed by atoms with E-state index in [0.717, 1.165) is 10.4 Å². The normalized spacial score (nSPS) is 13.0. The first-order valence-electron chi connectivity index (χ1n) is 8.89. The summed E-state index contributed by atoms with van der Waals surface area (Å²) in [6.45, 7) is 6.88. The third kappa shape index (κ3) is 4.17. The molecule has 1 aliphatic rings. The summed E-state index contributed by atoms with van der Waals surface area (Å²) in [6.07, 6.45) is 2.44. The lowest BCUT2D eigenvalue weighted by molar-refractivity contribution is -0.131. The number of imide groups is 1. The number of carbonyl (C=O) groups excluding carboxylic acids is 3. The van der Waals surface area contributed by atoms with Gasteiger partial charge in [0.25, 0.3) is 11.8 Å². The van der Waals surface area contributed by atoms with Crippen LogP contribution >= 0.6 is 11.3 Å². The molecule has 27 heavy (non-hydrogen) atoms. The van der Waals surface area contributed by atoms with Crippen molar-refractivity contribution in [1.82, 2.24) is 9.80 Å². The summed E-state index contributed by atoms with van der Waals surface area (Å²) in [4.78, 5) is 41.6. The second kappa shape index (κ2) is 8.31. The molecular weight excluding hydrogens is 360 g/mol. The molecule has 0 saturated heterocycles. The highest BCUT2D eigenvalue weighted by atomic mass is 32.1. The first-order valence-corrected chi connectivity index (χ1v) is 9.77. The van der Waals surface area contributed by atoms with Crippen LogP contribution in [-0.2, 0) is 11.3 Å². The molecule has 1 aliphatic heterocycles. The number of hydrogen-bond donors (Lipinski definition) is 0. The van der Waals surface area contributed by atoms with Crippen LogP contribution in [0.3, 0.4) is 0 Å². The van der Waals surface area contributed by atoms with Gasteiger partial charge in [0, 0.05) is 24.4 Å². The molecule has 140 valence electrons. The molecule has 0 radical (unpaired) electrons. The van der Waals surface area contributed by atoms with Gasteiger partial charge in [0.1, 0.15) is 0 Å². The first-order chi connectivity index (χ1) is 13.0. The molecule has 2 aromatic rings. The summed E-state index contributed by atoms with van der Waals surface area (Å²) in [6, 6.07) is 9.22. The molecule has 6 heteroatoms. The number of hydrogen-bond acceptors (Lipinski definition) is 4. The maximum absolute atomic E-state index is 12.6. The minimum absolute atomic E-state index is 0.00393. The maximum Gasteiger partial charge on any atom is 0.261 e. The van der Waals surface area contributed by atoms with E-state index < -0.39 is 0 Å². The molecule has 3 rings (SSSR count). The summed E-state index contributed by atoms with van der Waals surface area (Å²) in [7, 11) is 0. The van der Waals surface area contributed by atoms with E-state index in [2.05, 4.69) is 6.58 Å². The van der Waals surface area contributed by atoms with Crippen LogP contribution in [0.4, 0.5) is 0 Å². The topological polar surface area (TPSA) is 57.7 Å². The van der Waals surface area contributed by atoms with E-state index in [1.54, 1.807) is 34.4 Å². The Labute approximate surface area is 162 Å². The van der Waals surface area contributed by atoms with E-state index in [1.165, 1.54) is 4.90 Å². The van der Waals surface area contributed by atoms with Crippen molar-refractivity contribution in [2.24, 2.45) is 0 Å². The zero-order valence-corrected chi connectivity index (χ0v) is 16.1. The predicted molar refractivity (Wildman–Crippen MR) is 106 cm³/mol. The van der Waals surface area contributed by atoms with Crippen molar-refractivity contribution in [1.29, 1.82) is 0 Å². The molecule has 3 amide bonds. The van der Waals surface area contributed by atoms with Gasteiger partial charge in [-0.2, -0.15) is 0 Å². The minimum Gasteiger partial charge on any atom is -0.334 e. The molecule has 0 fully saturated rings. The molecular formula is C21H22N2O3S. The van der Waals surface area contributed by atoms with Gasteiger partial charge in [-0.05, 0) is 36.9 Å². The highest BCUT2D eigenvalue weighted by Crippen LogP contribution is 2.24. The number of carbonyl (C=O) groups is 3. The second-order valence-corrected chi connectivity index (χ2v) is 7.59. The number of fused-ring (bicyclic) bond motifs is 1. The van der Waals surface area contributed by atoms with Crippen molar-refractivity contribution in [3.63, 3.8) is 0 Å². The van der Waals surface area contributed by atoms with E-state index in [1.807, 2.05) is 30.5 Å². The lowest BCUT2D eigenvalue weighted by Crippen LogP contribution is -2.33. The Morgan fingerprint density at radius 2 is 2.00 bits per heavy atom. The van der Waals surface area contributed by atoms with Gasteiger partial charge in [0.15, 0.2) is 0 Å². The van der Waals surface area contributed by atoms with Gasteiger partial charge in [0.05, 0.1) is 17.7 Å². The Hall–Kier alpha value is -2.73. The third-order valence-electron chi connectivity index (χ3n) is 4.53.